The van der Waals surface area contributed by atoms with Crippen LogP contribution in [0.15, 0.2) is 43.9 Å². The molecule has 5 nitrogen and oxygen atoms in total. The Morgan fingerprint density at radius 2 is 1.84 bits per heavy atom. The molecular weight excluding hydrogens is 260 g/mol. The van der Waals surface area contributed by atoms with Crippen molar-refractivity contribution in [2.24, 2.45) is 9.98 Å². The van der Waals surface area contributed by atoms with Gasteiger partial charge in [-0.2, -0.15) is 0 Å². The number of fused-ring (bicyclic) bond motifs is 1. The van der Waals surface area contributed by atoms with E-state index in [1.54, 1.807) is 0 Å². The molecule has 2 heterocycles. The van der Waals surface area contributed by atoms with E-state index in [-0.39, 0.29) is 0 Å². The van der Waals surface area contributed by atoms with E-state index in [2.05, 4.69) is 20.2 Å². The molecule has 0 atom stereocenters. The zero-order valence-corrected chi connectivity index (χ0v) is 11.6. The van der Waals surface area contributed by atoms with Gasteiger partial charge in [0.15, 0.2) is 5.66 Å². The highest BCUT2D eigenvalue weighted by Crippen LogP contribution is 2.22. The van der Waals surface area contributed by atoms with Crippen molar-refractivity contribution in [3.8, 4) is 0 Å². The molecule has 1 aliphatic rings. The zero-order chi connectivity index (χ0) is 13.3. The Kier molecular flexibility index (Phi) is 3.10. The van der Waals surface area contributed by atoms with E-state index in [0.29, 0.717) is 17.5 Å². The Balaban J connectivity index is 1.85. The molecule has 6 heteroatoms. The lowest BCUT2D eigenvalue weighted by Gasteiger charge is -2.14. The number of nitrogens with zero attached hydrogens (tertiary/aromatic N) is 4. The van der Waals surface area contributed by atoms with Gasteiger partial charge >= 0.3 is 0 Å². The first-order valence-corrected chi connectivity index (χ1v) is 7.17. The average molecular weight is 274 g/mol. The quantitative estimate of drug-likeness (QED) is 0.790. The molecule has 0 unspecified atom stereocenters. The number of thioether (sulfide) groups is 1. The van der Waals surface area contributed by atoms with Crippen LogP contribution in [0.2, 0.25) is 0 Å². The minimum absolute atomic E-state index is 0.527. The van der Waals surface area contributed by atoms with Crippen molar-refractivity contribution in [1.29, 1.82) is 0 Å². The van der Waals surface area contributed by atoms with Crippen LogP contribution in [0.3, 0.4) is 0 Å². The maximum absolute atomic E-state index is 5.57. The summed E-state index contributed by atoms with van der Waals surface area (Å²) in [5.41, 5.74) is -0.537. The maximum atomic E-state index is 5.57. The summed E-state index contributed by atoms with van der Waals surface area (Å²) in [6.07, 6.45) is 0.527. The highest BCUT2D eigenvalue weighted by Gasteiger charge is 2.28. The second-order valence-electron chi connectivity index (χ2n) is 4.50. The number of benzene rings is 1. The summed E-state index contributed by atoms with van der Waals surface area (Å²) >= 11 is 1.54. The van der Waals surface area contributed by atoms with Crippen LogP contribution in [0.25, 0.3) is 0 Å². The van der Waals surface area contributed by atoms with Crippen LogP contribution in [-0.2, 0) is 6.42 Å². The Hall–Kier alpha value is -1.69. The number of hydrogen-bond acceptors (Lipinski definition) is 6. The molecule has 0 radical (unpaired) electrons. The zero-order valence-electron chi connectivity index (χ0n) is 10.8. The SMILES string of the molecule is CCSc1nnc(CC2(C)N=c3ccccc3=N2)o1. The lowest BCUT2D eigenvalue weighted by atomic mass is 10.1. The van der Waals surface area contributed by atoms with Crippen LogP contribution in [0.5, 0.6) is 0 Å². The predicted molar refractivity (Wildman–Crippen MR) is 71.6 cm³/mol. The van der Waals surface area contributed by atoms with Gasteiger partial charge in [0.2, 0.25) is 5.89 Å². The molecule has 0 aliphatic carbocycles. The van der Waals surface area contributed by atoms with Crippen LogP contribution in [-0.4, -0.2) is 21.6 Å². The van der Waals surface area contributed by atoms with E-state index in [9.17, 15) is 0 Å². The number of rotatable bonds is 4. The lowest BCUT2D eigenvalue weighted by molar-refractivity contribution is 0.368. The molecule has 3 rings (SSSR count). The molecule has 1 aliphatic heterocycles. The molecule has 0 bridgehead atoms. The summed E-state index contributed by atoms with van der Waals surface area (Å²) in [4.78, 5) is 9.27. The normalized spacial score (nSPS) is 15.7. The standard InChI is InChI=1S/C13H14N4OS/c1-3-19-12-17-16-11(18-12)8-13(2)14-9-6-4-5-7-10(9)15-13/h4-7H,3,8H2,1-2H3. The minimum Gasteiger partial charge on any atom is -0.416 e. The molecule has 2 aromatic rings. The summed E-state index contributed by atoms with van der Waals surface area (Å²) < 4.78 is 5.57. The van der Waals surface area contributed by atoms with Crippen molar-refractivity contribution >= 4 is 11.8 Å². The molecule has 0 fully saturated rings. The third-order valence-corrected chi connectivity index (χ3v) is 3.51. The van der Waals surface area contributed by atoms with Crippen molar-refractivity contribution in [3.63, 3.8) is 0 Å². The Bertz CT molecular complexity index is 674. The van der Waals surface area contributed by atoms with Crippen molar-refractivity contribution in [2.45, 2.75) is 31.2 Å². The van der Waals surface area contributed by atoms with Crippen molar-refractivity contribution < 1.29 is 4.42 Å². The van der Waals surface area contributed by atoms with Crippen LogP contribution < -0.4 is 10.7 Å². The Morgan fingerprint density at radius 1 is 1.16 bits per heavy atom. The Morgan fingerprint density at radius 3 is 2.47 bits per heavy atom. The van der Waals surface area contributed by atoms with E-state index in [4.69, 9.17) is 4.42 Å². The van der Waals surface area contributed by atoms with Crippen molar-refractivity contribution in [2.75, 3.05) is 5.75 Å². The first-order chi connectivity index (χ1) is 9.18. The van der Waals surface area contributed by atoms with Crippen LogP contribution >= 0.6 is 11.8 Å². The maximum Gasteiger partial charge on any atom is 0.276 e. The molecule has 0 amide bonds. The van der Waals surface area contributed by atoms with Gasteiger partial charge in [0.25, 0.3) is 5.22 Å². The fourth-order valence-corrected chi connectivity index (χ4v) is 2.55. The van der Waals surface area contributed by atoms with E-state index in [0.717, 1.165) is 16.5 Å². The first-order valence-electron chi connectivity index (χ1n) is 6.18. The van der Waals surface area contributed by atoms with Crippen molar-refractivity contribution in [3.05, 3.63) is 40.9 Å². The largest absolute Gasteiger partial charge is 0.416 e. The summed E-state index contributed by atoms with van der Waals surface area (Å²) in [6, 6.07) is 7.87. The van der Waals surface area contributed by atoms with E-state index in [1.165, 1.54) is 11.8 Å². The van der Waals surface area contributed by atoms with Gasteiger partial charge in [-0.15, -0.1) is 10.2 Å². The fraction of sp³-hybridized carbons (Fsp3) is 0.385. The summed E-state index contributed by atoms with van der Waals surface area (Å²) in [5, 5.41) is 10.5. The van der Waals surface area contributed by atoms with Gasteiger partial charge in [-0.05, 0) is 24.8 Å². The van der Waals surface area contributed by atoms with E-state index in [1.807, 2.05) is 38.1 Å². The highest BCUT2D eigenvalue weighted by atomic mass is 32.2. The van der Waals surface area contributed by atoms with Gasteiger partial charge in [-0.3, -0.25) is 9.98 Å². The second kappa shape index (κ2) is 4.77. The van der Waals surface area contributed by atoms with Crippen LogP contribution in [0.4, 0.5) is 0 Å². The molecule has 0 spiro atoms. The number of para-hydroxylation sites is 2. The summed E-state index contributed by atoms with van der Waals surface area (Å²) in [6.45, 7) is 4.03. The lowest BCUT2D eigenvalue weighted by Crippen LogP contribution is -2.21. The van der Waals surface area contributed by atoms with Gasteiger partial charge in [-0.1, -0.05) is 30.8 Å². The molecule has 0 saturated heterocycles. The summed E-state index contributed by atoms with van der Waals surface area (Å²) in [5.74, 6) is 1.50. The molecule has 0 saturated carbocycles. The number of aromatic nitrogens is 2. The van der Waals surface area contributed by atoms with Crippen LogP contribution in [0.1, 0.15) is 19.7 Å². The highest BCUT2D eigenvalue weighted by molar-refractivity contribution is 7.99. The topological polar surface area (TPSA) is 63.6 Å². The molecule has 1 aromatic carbocycles. The van der Waals surface area contributed by atoms with Gasteiger partial charge in [-0.25, -0.2) is 0 Å². The van der Waals surface area contributed by atoms with Gasteiger partial charge < -0.3 is 4.42 Å². The smallest absolute Gasteiger partial charge is 0.276 e. The summed E-state index contributed by atoms with van der Waals surface area (Å²) in [7, 11) is 0. The van der Waals surface area contributed by atoms with Crippen LogP contribution in [0, 0.1) is 0 Å². The van der Waals surface area contributed by atoms with Gasteiger partial charge in [0, 0.05) is 0 Å². The fourth-order valence-electron chi connectivity index (χ4n) is 2.05. The average Bonchev–Trinajstić information content (AvgIpc) is 2.93. The molecular formula is C13H14N4OS. The molecule has 1 aromatic heterocycles. The van der Waals surface area contributed by atoms with Gasteiger partial charge in [0.1, 0.15) is 0 Å². The number of hydrogen-bond donors (Lipinski definition) is 0. The third kappa shape index (κ3) is 2.53. The predicted octanol–water partition coefficient (Wildman–Crippen LogP) is 1.39. The molecule has 0 N–H and O–H groups in total. The van der Waals surface area contributed by atoms with Crippen molar-refractivity contribution in [1.82, 2.24) is 10.2 Å². The van der Waals surface area contributed by atoms with E-state index >= 15 is 0 Å². The van der Waals surface area contributed by atoms with Gasteiger partial charge in [0.05, 0.1) is 17.1 Å². The molecule has 98 valence electrons. The molecule has 19 heavy (non-hydrogen) atoms. The second-order valence-corrected chi connectivity index (χ2v) is 5.72. The first kappa shape index (κ1) is 12.3. The third-order valence-electron chi connectivity index (χ3n) is 2.81. The minimum atomic E-state index is -0.537. The Labute approximate surface area is 114 Å². The van der Waals surface area contributed by atoms with E-state index < -0.39 is 5.66 Å². The monoisotopic (exact) mass is 274 g/mol.